The topological polar surface area (TPSA) is 57.7 Å². The number of piperidine rings is 1. The number of rotatable bonds is 5. The summed E-state index contributed by atoms with van der Waals surface area (Å²) in [6.45, 7) is 12.4. The van der Waals surface area contributed by atoms with Crippen molar-refractivity contribution in [2.75, 3.05) is 51.3 Å². The Hall–Kier alpha value is -1.37. The molecule has 3 heterocycles. The van der Waals surface area contributed by atoms with Gasteiger partial charge in [0.1, 0.15) is 5.82 Å². The smallest absolute Gasteiger partial charge is 0.255 e. The molecule has 150 valence electrons. The molecule has 3 rings (SSSR count). The molecule has 1 amide bonds. The molecule has 2 fully saturated rings. The van der Waals surface area contributed by atoms with Crippen molar-refractivity contribution in [2.45, 2.75) is 33.2 Å². The predicted molar refractivity (Wildman–Crippen MR) is 108 cm³/mol. The number of pyridine rings is 1. The van der Waals surface area contributed by atoms with Crippen molar-refractivity contribution in [3.63, 3.8) is 0 Å². The van der Waals surface area contributed by atoms with Crippen LogP contribution in [0.4, 0.5) is 5.82 Å². The molecule has 0 radical (unpaired) electrons. The highest BCUT2D eigenvalue weighted by Gasteiger charge is 2.24. The fourth-order valence-electron chi connectivity index (χ4n) is 4.22. The van der Waals surface area contributed by atoms with Crippen LogP contribution in [0.25, 0.3) is 0 Å². The minimum atomic E-state index is -0.0383. The average Bonchev–Trinajstić information content (AvgIpc) is 2.62. The van der Waals surface area contributed by atoms with Crippen LogP contribution >= 0.6 is 11.6 Å². The van der Waals surface area contributed by atoms with Crippen LogP contribution in [0.15, 0.2) is 12.3 Å². The molecule has 0 aromatic carbocycles. The molecule has 0 saturated carbocycles. The summed E-state index contributed by atoms with van der Waals surface area (Å²) in [5.74, 6) is 2.09. The fraction of sp³-hybridized carbons (Fsp3) is 0.700. The average molecular weight is 395 g/mol. The van der Waals surface area contributed by atoms with E-state index in [4.69, 9.17) is 16.3 Å². The Balaban J connectivity index is 1.57. The van der Waals surface area contributed by atoms with Gasteiger partial charge in [-0.3, -0.25) is 4.79 Å². The minimum Gasteiger partial charge on any atom is -0.378 e. The zero-order chi connectivity index (χ0) is 19.4. The normalized spacial score (nSPS) is 25.3. The van der Waals surface area contributed by atoms with Gasteiger partial charge in [-0.05, 0) is 31.2 Å². The zero-order valence-electron chi connectivity index (χ0n) is 16.6. The lowest BCUT2D eigenvalue weighted by Crippen LogP contribution is -2.43. The third kappa shape index (κ3) is 5.56. The van der Waals surface area contributed by atoms with Crippen LogP contribution < -0.4 is 5.32 Å². The number of hydrogen-bond acceptors (Lipinski definition) is 5. The molecule has 2 saturated heterocycles. The van der Waals surface area contributed by atoms with Gasteiger partial charge in [-0.1, -0.05) is 25.4 Å². The molecule has 27 heavy (non-hydrogen) atoms. The van der Waals surface area contributed by atoms with E-state index < -0.39 is 0 Å². The van der Waals surface area contributed by atoms with E-state index in [1.54, 1.807) is 17.2 Å². The van der Waals surface area contributed by atoms with Gasteiger partial charge in [-0.2, -0.15) is 0 Å². The van der Waals surface area contributed by atoms with E-state index in [1.807, 2.05) is 0 Å². The van der Waals surface area contributed by atoms with E-state index in [1.165, 1.54) is 6.42 Å². The van der Waals surface area contributed by atoms with Gasteiger partial charge in [0.2, 0.25) is 0 Å². The number of morpholine rings is 1. The van der Waals surface area contributed by atoms with Crippen molar-refractivity contribution in [2.24, 2.45) is 11.8 Å². The summed E-state index contributed by atoms with van der Waals surface area (Å²) in [6.07, 6.45) is 2.92. The van der Waals surface area contributed by atoms with Crippen LogP contribution in [-0.2, 0) is 4.74 Å². The monoisotopic (exact) mass is 394 g/mol. The molecule has 1 aromatic heterocycles. The summed E-state index contributed by atoms with van der Waals surface area (Å²) < 4.78 is 5.30. The Morgan fingerprint density at radius 1 is 1.33 bits per heavy atom. The van der Waals surface area contributed by atoms with Crippen LogP contribution in [0, 0.1) is 11.8 Å². The molecular formula is C20H31ClN4O2. The molecule has 3 atom stereocenters. The first-order chi connectivity index (χ1) is 12.9. The lowest BCUT2D eigenvalue weighted by molar-refractivity contribution is 0.0302. The van der Waals surface area contributed by atoms with Gasteiger partial charge in [-0.25, -0.2) is 4.98 Å². The molecule has 0 aliphatic carbocycles. The molecule has 6 nitrogen and oxygen atoms in total. The van der Waals surface area contributed by atoms with Crippen LogP contribution in [0.2, 0.25) is 5.02 Å². The maximum absolute atomic E-state index is 12.6. The van der Waals surface area contributed by atoms with Crippen molar-refractivity contribution >= 4 is 23.3 Å². The van der Waals surface area contributed by atoms with Gasteiger partial charge in [0.25, 0.3) is 5.91 Å². The van der Waals surface area contributed by atoms with Crippen molar-refractivity contribution in [1.29, 1.82) is 0 Å². The lowest BCUT2D eigenvalue weighted by Gasteiger charge is -2.36. The standard InChI is InChI=1S/C20H31ClN4O2/c1-14-8-15(2)12-24(11-14)13-16(3)23-19-18(21)9-17(10-22-19)20(26)25-4-6-27-7-5-25/h9-10,14-16H,4-8,11-13H2,1-3H3,(H,22,23). The number of aromatic nitrogens is 1. The number of nitrogens with one attached hydrogen (secondary N) is 1. The second kappa shape index (κ2) is 9.22. The molecule has 3 unspecified atom stereocenters. The maximum atomic E-state index is 12.6. The molecule has 0 bridgehead atoms. The zero-order valence-corrected chi connectivity index (χ0v) is 17.3. The Morgan fingerprint density at radius 3 is 2.63 bits per heavy atom. The Labute approximate surface area is 167 Å². The van der Waals surface area contributed by atoms with Crippen molar-refractivity contribution in [3.8, 4) is 0 Å². The highest BCUT2D eigenvalue weighted by molar-refractivity contribution is 6.33. The predicted octanol–water partition coefficient (Wildman–Crippen LogP) is 2.99. The Bertz CT molecular complexity index is 641. The molecule has 7 heteroatoms. The van der Waals surface area contributed by atoms with E-state index in [-0.39, 0.29) is 11.9 Å². The van der Waals surface area contributed by atoms with Crippen molar-refractivity contribution in [1.82, 2.24) is 14.8 Å². The fourth-order valence-corrected chi connectivity index (χ4v) is 4.44. The first kappa shape index (κ1) is 20.4. The minimum absolute atomic E-state index is 0.0383. The number of anilines is 1. The number of carbonyl (C=O) groups is 1. The Morgan fingerprint density at radius 2 is 2.00 bits per heavy atom. The third-order valence-electron chi connectivity index (χ3n) is 5.25. The number of nitrogens with zero attached hydrogens (tertiary/aromatic N) is 3. The van der Waals surface area contributed by atoms with E-state index in [0.29, 0.717) is 42.7 Å². The van der Waals surface area contributed by atoms with Gasteiger partial charge in [-0.15, -0.1) is 0 Å². The second-order valence-electron chi connectivity index (χ2n) is 8.17. The SMILES string of the molecule is CC1CC(C)CN(CC(C)Nc2ncc(C(=O)N3CCOCC3)cc2Cl)C1. The highest BCUT2D eigenvalue weighted by atomic mass is 35.5. The molecule has 2 aliphatic rings. The van der Waals surface area contributed by atoms with Crippen molar-refractivity contribution < 1.29 is 9.53 Å². The van der Waals surface area contributed by atoms with Crippen LogP contribution in [0.1, 0.15) is 37.6 Å². The van der Waals surface area contributed by atoms with Gasteiger partial charge >= 0.3 is 0 Å². The van der Waals surface area contributed by atoms with Gasteiger partial charge in [0.15, 0.2) is 0 Å². The maximum Gasteiger partial charge on any atom is 0.255 e. The summed E-state index contributed by atoms with van der Waals surface area (Å²) in [5.41, 5.74) is 0.527. The quantitative estimate of drug-likeness (QED) is 0.831. The third-order valence-corrected chi connectivity index (χ3v) is 5.53. The molecule has 2 aliphatic heterocycles. The first-order valence-electron chi connectivity index (χ1n) is 9.94. The number of amides is 1. The molecule has 1 aromatic rings. The summed E-state index contributed by atoms with van der Waals surface area (Å²) in [5, 5.41) is 3.89. The molecule has 0 spiro atoms. The first-order valence-corrected chi connectivity index (χ1v) is 10.3. The van der Waals surface area contributed by atoms with E-state index >= 15 is 0 Å². The van der Waals surface area contributed by atoms with E-state index in [2.05, 4.69) is 36.0 Å². The van der Waals surface area contributed by atoms with Crippen LogP contribution in [0.3, 0.4) is 0 Å². The van der Waals surface area contributed by atoms with Gasteiger partial charge in [0.05, 0.1) is 23.8 Å². The van der Waals surface area contributed by atoms with E-state index in [0.717, 1.165) is 31.5 Å². The summed E-state index contributed by atoms with van der Waals surface area (Å²) >= 11 is 6.41. The second-order valence-corrected chi connectivity index (χ2v) is 8.58. The summed E-state index contributed by atoms with van der Waals surface area (Å²) in [4.78, 5) is 21.3. The van der Waals surface area contributed by atoms with E-state index in [9.17, 15) is 4.79 Å². The van der Waals surface area contributed by atoms with Gasteiger partial charge in [0, 0.05) is 45.0 Å². The van der Waals surface area contributed by atoms with Crippen LogP contribution in [-0.4, -0.2) is 72.7 Å². The molecule has 1 N–H and O–H groups in total. The summed E-state index contributed by atoms with van der Waals surface area (Å²) in [6, 6.07) is 1.94. The van der Waals surface area contributed by atoms with Crippen LogP contribution in [0.5, 0.6) is 0 Å². The number of hydrogen-bond donors (Lipinski definition) is 1. The lowest BCUT2D eigenvalue weighted by atomic mass is 9.92. The largest absolute Gasteiger partial charge is 0.378 e. The highest BCUT2D eigenvalue weighted by Crippen LogP contribution is 2.24. The number of halogens is 1. The number of carbonyl (C=O) groups excluding carboxylic acids is 1. The molecular weight excluding hydrogens is 364 g/mol. The number of likely N-dealkylation sites (tertiary alicyclic amines) is 1. The number of ether oxygens (including phenoxy) is 1. The summed E-state index contributed by atoms with van der Waals surface area (Å²) in [7, 11) is 0. The van der Waals surface area contributed by atoms with Crippen molar-refractivity contribution in [3.05, 3.63) is 22.8 Å². The van der Waals surface area contributed by atoms with Gasteiger partial charge < -0.3 is 19.9 Å². The Kier molecular flexibility index (Phi) is 6.95.